The molecule has 0 aliphatic carbocycles. The molecule has 0 radical (unpaired) electrons. The molecule has 0 fully saturated rings. The van der Waals surface area contributed by atoms with E-state index in [0.717, 1.165) is 22.5 Å². The summed E-state index contributed by atoms with van der Waals surface area (Å²) >= 11 is 3.50. The Morgan fingerprint density at radius 1 is 0.500 bits per heavy atom. The van der Waals surface area contributed by atoms with Crippen molar-refractivity contribution in [1.29, 1.82) is 0 Å². The van der Waals surface area contributed by atoms with E-state index in [1.165, 1.54) is 20.9 Å². The first-order chi connectivity index (χ1) is 13.8. The monoisotopic (exact) mass is 400 g/mol. The van der Waals surface area contributed by atoms with Gasteiger partial charge in [0.2, 0.25) is 0 Å². The molecular weight excluding hydrogens is 380 g/mol. The smallest absolute Gasteiger partial charge is 0.0892 e. The maximum absolute atomic E-state index is 4.56. The van der Waals surface area contributed by atoms with Gasteiger partial charge in [-0.2, -0.15) is 0 Å². The molecule has 4 rings (SSSR count). The third kappa shape index (κ3) is 4.13. The fourth-order valence-corrected chi connectivity index (χ4v) is 3.88. The largest absolute Gasteiger partial charge is 0.255 e. The second-order valence-corrected chi connectivity index (χ2v) is 8.08. The highest BCUT2D eigenvalue weighted by Gasteiger charge is 2.07. The van der Waals surface area contributed by atoms with Crippen LogP contribution in [0.1, 0.15) is 0 Å². The van der Waals surface area contributed by atoms with Crippen LogP contribution in [-0.2, 0) is 0 Å². The minimum absolute atomic E-state index is 0.883. The predicted octanol–water partition coefficient (Wildman–Crippen LogP) is 6.92. The molecule has 2 aromatic heterocycles. The number of rotatable bonds is 5. The average molecular weight is 401 g/mol. The molecule has 0 saturated carbocycles. The molecule has 2 heterocycles. The van der Waals surface area contributed by atoms with E-state index in [1.54, 1.807) is 23.5 Å². The second kappa shape index (κ2) is 8.63. The number of thioether (sulfide) groups is 2. The minimum atomic E-state index is 0.883. The Morgan fingerprint density at radius 2 is 0.893 bits per heavy atom. The van der Waals surface area contributed by atoms with E-state index >= 15 is 0 Å². The molecule has 0 spiro atoms. The van der Waals surface area contributed by atoms with Gasteiger partial charge in [0.15, 0.2) is 0 Å². The van der Waals surface area contributed by atoms with Crippen LogP contribution in [0.3, 0.4) is 0 Å². The van der Waals surface area contributed by atoms with E-state index in [2.05, 4.69) is 83.1 Å². The van der Waals surface area contributed by atoms with Crippen LogP contribution >= 0.6 is 23.5 Å². The van der Waals surface area contributed by atoms with E-state index in [0.29, 0.717) is 0 Å². The lowest BCUT2D eigenvalue weighted by Gasteiger charge is -2.08. The third-order valence-corrected chi connectivity index (χ3v) is 6.12. The molecule has 4 aromatic rings. The van der Waals surface area contributed by atoms with Gasteiger partial charge in [0, 0.05) is 22.2 Å². The summed E-state index contributed by atoms with van der Waals surface area (Å²) in [6.45, 7) is 0. The van der Waals surface area contributed by atoms with Crippen molar-refractivity contribution in [3.63, 3.8) is 0 Å². The lowest BCUT2D eigenvalue weighted by atomic mass is 10.0. The first kappa shape index (κ1) is 18.8. The molecule has 2 nitrogen and oxygen atoms in total. The molecule has 0 unspecified atom stereocenters. The first-order valence-electron chi connectivity index (χ1n) is 8.98. The highest BCUT2D eigenvalue weighted by atomic mass is 32.2. The zero-order valence-electron chi connectivity index (χ0n) is 15.8. The van der Waals surface area contributed by atoms with Gasteiger partial charge in [-0.15, -0.1) is 23.5 Å². The van der Waals surface area contributed by atoms with E-state index in [9.17, 15) is 0 Å². The fraction of sp³-hybridized carbons (Fsp3) is 0.0833. The highest BCUT2D eigenvalue weighted by Crippen LogP contribution is 2.28. The zero-order valence-corrected chi connectivity index (χ0v) is 17.4. The third-order valence-electron chi connectivity index (χ3n) is 4.63. The Bertz CT molecular complexity index is 985. The van der Waals surface area contributed by atoms with Crippen LogP contribution in [0.25, 0.3) is 33.6 Å². The van der Waals surface area contributed by atoms with Gasteiger partial charge in [0.05, 0.1) is 11.4 Å². The van der Waals surface area contributed by atoms with Crippen LogP contribution in [0.15, 0.2) is 95.0 Å². The van der Waals surface area contributed by atoms with E-state index in [1.807, 2.05) is 24.5 Å². The van der Waals surface area contributed by atoms with Crippen molar-refractivity contribution in [3.8, 4) is 33.6 Å². The van der Waals surface area contributed by atoms with Crippen molar-refractivity contribution in [2.45, 2.75) is 9.79 Å². The lowest BCUT2D eigenvalue weighted by Crippen LogP contribution is -1.89. The lowest BCUT2D eigenvalue weighted by molar-refractivity contribution is 1.25. The SMILES string of the molecule is CSc1ccc(-c2ccnc(-c3cc(-c4ccc(SC)cc4)ccn3)c2)cc1. The Morgan fingerprint density at radius 3 is 1.25 bits per heavy atom. The molecule has 4 heteroatoms. The van der Waals surface area contributed by atoms with Crippen molar-refractivity contribution >= 4 is 23.5 Å². The molecule has 28 heavy (non-hydrogen) atoms. The van der Waals surface area contributed by atoms with Crippen LogP contribution in [-0.4, -0.2) is 22.5 Å². The molecule has 0 saturated heterocycles. The number of benzene rings is 2. The summed E-state index contributed by atoms with van der Waals surface area (Å²) in [7, 11) is 0. The fourth-order valence-electron chi connectivity index (χ4n) is 3.07. The molecule has 0 aliphatic heterocycles. The van der Waals surface area contributed by atoms with E-state index in [4.69, 9.17) is 0 Å². The predicted molar refractivity (Wildman–Crippen MR) is 122 cm³/mol. The first-order valence-corrected chi connectivity index (χ1v) is 11.4. The van der Waals surface area contributed by atoms with Crippen LogP contribution in [0.2, 0.25) is 0 Å². The van der Waals surface area contributed by atoms with Crippen molar-refractivity contribution in [2.24, 2.45) is 0 Å². The summed E-state index contributed by atoms with van der Waals surface area (Å²) in [5, 5.41) is 0. The maximum atomic E-state index is 4.56. The molecular formula is C24H20N2S2. The van der Waals surface area contributed by atoms with Gasteiger partial charge in [0.25, 0.3) is 0 Å². The molecule has 0 aliphatic rings. The Balaban J connectivity index is 1.67. The molecule has 0 bridgehead atoms. The minimum Gasteiger partial charge on any atom is -0.255 e. The maximum Gasteiger partial charge on any atom is 0.0892 e. The molecule has 0 N–H and O–H groups in total. The van der Waals surface area contributed by atoms with E-state index in [-0.39, 0.29) is 0 Å². The normalized spacial score (nSPS) is 10.8. The van der Waals surface area contributed by atoms with Gasteiger partial charge in [-0.25, -0.2) is 0 Å². The number of pyridine rings is 2. The topological polar surface area (TPSA) is 25.8 Å². The Kier molecular flexibility index (Phi) is 5.79. The van der Waals surface area contributed by atoms with Crippen molar-refractivity contribution in [1.82, 2.24) is 9.97 Å². The van der Waals surface area contributed by atoms with Crippen molar-refractivity contribution in [2.75, 3.05) is 12.5 Å². The molecule has 138 valence electrons. The summed E-state index contributed by atoms with van der Waals surface area (Å²) in [6.07, 6.45) is 7.89. The second-order valence-electron chi connectivity index (χ2n) is 6.32. The van der Waals surface area contributed by atoms with E-state index < -0.39 is 0 Å². The van der Waals surface area contributed by atoms with Gasteiger partial charge in [0.1, 0.15) is 0 Å². The Hall–Kier alpha value is -2.56. The van der Waals surface area contributed by atoms with Gasteiger partial charge in [-0.3, -0.25) is 9.97 Å². The van der Waals surface area contributed by atoms with Crippen molar-refractivity contribution in [3.05, 3.63) is 85.2 Å². The number of nitrogens with zero attached hydrogens (tertiary/aromatic N) is 2. The quantitative estimate of drug-likeness (QED) is 0.340. The summed E-state index contributed by atoms with van der Waals surface area (Å²) in [5.41, 5.74) is 6.43. The summed E-state index contributed by atoms with van der Waals surface area (Å²) in [5.74, 6) is 0. The summed E-state index contributed by atoms with van der Waals surface area (Å²) < 4.78 is 0. The molecule has 2 aromatic carbocycles. The Labute approximate surface area is 174 Å². The average Bonchev–Trinajstić information content (AvgIpc) is 2.79. The van der Waals surface area contributed by atoms with Gasteiger partial charge in [-0.1, -0.05) is 24.3 Å². The van der Waals surface area contributed by atoms with Gasteiger partial charge in [-0.05, 0) is 83.3 Å². The number of aromatic nitrogens is 2. The van der Waals surface area contributed by atoms with Crippen LogP contribution in [0.5, 0.6) is 0 Å². The summed E-state index contributed by atoms with van der Waals surface area (Å²) in [4.78, 5) is 11.6. The molecule has 0 atom stereocenters. The highest BCUT2D eigenvalue weighted by molar-refractivity contribution is 7.98. The van der Waals surface area contributed by atoms with Crippen LogP contribution < -0.4 is 0 Å². The standard InChI is InChI=1S/C24H20N2S2/c1-27-21-7-3-17(4-8-21)19-11-13-25-23(15-19)24-16-20(12-14-26-24)18-5-9-22(28-2)10-6-18/h3-16H,1-2H3. The van der Waals surface area contributed by atoms with Gasteiger partial charge >= 0.3 is 0 Å². The van der Waals surface area contributed by atoms with Crippen LogP contribution in [0, 0.1) is 0 Å². The number of hydrogen-bond acceptors (Lipinski definition) is 4. The van der Waals surface area contributed by atoms with Crippen molar-refractivity contribution < 1.29 is 0 Å². The summed E-state index contributed by atoms with van der Waals surface area (Å²) in [6, 6.07) is 25.5. The number of hydrogen-bond donors (Lipinski definition) is 0. The van der Waals surface area contributed by atoms with Gasteiger partial charge < -0.3 is 0 Å². The van der Waals surface area contributed by atoms with Crippen LogP contribution in [0.4, 0.5) is 0 Å². The molecule has 0 amide bonds. The zero-order chi connectivity index (χ0) is 19.3.